The van der Waals surface area contributed by atoms with Gasteiger partial charge in [0, 0.05) is 0 Å². The van der Waals surface area contributed by atoms with Crippen LogP contribution in [0, 0.1) is 12.8 Å². The molecule has 0 radical (unpaired) electrons. The fourth-order valence-corrected chi connectivity index (χ4v) is 2.76. The van der Waals surface area contributed by atoms with Crippen molar-refractivity contribution in [3.8, 4) is 0 Å². The lowest BCUT2D eigenvalue weighted by Gasteiger charge is -2.18. The minimum atomic E-state index is -0.854. The Balaban J connectivity index is 2.36. The zero-order valence-electron chi connectivity index (χ0n) is 12.1. The van der Waals surface area contributed by atoms with Gasteiger partial charge in [0.05, 0.1) is 19.1 Å². The van der Waals surface area contributed by atoms with Crippen LogP contribution in [0.3, 0.4) is 0 Å². The van der Waals surface area contributed by atoms with Gasteiger partial charge < -0.3 is 9.47 Å². The van der Waals surface area contributed by atoms with E-state index in [-0.39, 0.29) is 11.9 Å². The Kier molecular flexibility index (Phi) is 4.12. The molecule has 1 aliphatic carbocycles. The summed E-state index contributed by atoms with van der Waals surface area (Å²) in [5, 5.41) is 0. The highest BCUT2D eigenvalue weighted by Gasteiger charge is 2.67. The van der Waals surface area contributed by atoms with Crippen molar-refractivity contribution in [1.29, 1.82) is 0 Å². The Labute approximate surface area is 119 Å². The van der Waals surface area contributed by atoms with Crippen molar-refractivity contribution in [2.24, 2.45) is 5.92 Å². The molecule has 1 fully saturated rings. The molecule has 2 unspecified atom stereocenters. The summed E-state index contributed by atoms with van der Waals surface area (Å²) < 4.78 is 10.3. The molecular weight excluding hydrogens is 256 g/mol. The third-order valence-corrected chi connectivity index (χ3v) is 3.80. The molecule has 1 aromatic carbocycles. The highest BCUT2D eigenvalue weighted by Crippen LogP contribution is 2.56. The number of hydrogen-bond donors (Lipinski definition) is 0. The first kappa shape index (κ1) is 14.6. The zero-order valence-corrected chi connectivity index (χ0v) is 12.1. The lowest BCUT2D eigenvalue weighted by Crippen LogP contribution is -2.29. The Morgan fingerprint density at radius 3 is 2.45 bits per heavy atom. The number of hydrogen-bond acceptors (Lipinski definition) is 4. The third kappa shape index (κ3) is 2.30. The maximum Gasteiger partial charge on any atom is 0.317 e. The summed E-state index contributed by atoms with van der Waals surface area (Å²) in [5.74, 6) is -1.07. The van der Waals surface area contributed by atoms with Crippen LogP contribution in [0.2, 0.25) is 0 Å². The summed E-state index contributed by atoms with van der Waals surface area (Å²) in [7, 11) is 0. The van der Waals surface area contributed by atoms with Gasteiger partial charge in [0.15, 0.2) is 0 Å². The van der Waals surface area contributed by atoms with E-state index in [1.165, 1.54) is 0 Å². The highest BCUT2D eigenvalue weighted by molar-refractivity contribution is 5.96. The Morgan fingerprint density at radius 2 is 1.85 bits per heavy atom. The second-order valence-electron chi connectivity index (χ2n) is 5.02. The van der Waals surface area contributed by atoms with Crippen molar-refractivity contribution in [2.45, 2.75) is 32.6 Å². The standard InChI is InChI=1S/C16H20O4/c1-4-19-14(17)13-10-16(13,15(18)20-5-2)12-9-7-6-8-11(12)3/h6-9,13H,4-5,10H2,1-3H3. The number of carbonyl (C=O) groups excluding carboxylic acids is 2. The SMILES string of the molecule is CCOC(=O)C1CC1(C(=O)OCC)c1ccccc1C. The number of benzene rings is 1. The van der Waals surface area contributed by atoms with Crippen LogP contribution >= 0.6 is 0 Å². The summed E-state index contributed by atoms with van der Waals surface area (Å²) in [4.78, 5) is 24.4. The van der Waals surface area contributed by atoms with Gasteiger partial charge in [0.2, 0.25) is 0 Å². The summed E-state index contributed by atoms with van der Waals surface area (Å²) >= 11 is 0. The first-order valence-corrected chi connectivity index (χ1v) is 6.97. The van der Waals surface area contributed by atoms with Gasteiger partial charge in [0.25, 0.3) is 0 Å². The van der Waals surface area contributed by atoms with Crippen LogP contribution in [0.5, 0.6) is 0 Å². The molecule has 1 aromatic rings. The number of ether oxygens (including phenoxy) is 2. The van der Waals surface area contributed by atoms with E-state index in [1.54, 1.807) is 13.8 Å². The maximum absolute atomic E-state index is 12.4. The molecule has 0 spiro atoms. The van der Waals surface area contributed by atoms with E-state index < -0.39 is 11.3 Å². The van der Waals surface area contributed by atoms with E-state index >= 15 is 0 Å². The molecule has 0 heterocycles. The van der Waals surface area contributed by atoms with Crippen LogP contribution in [-0.4, -0.2) is 25.2 Å². The van der Waals surface area contributed by atoms with E-state index in [4.69, 9.17) is 9.47 Å². The van der Waals surface area contributed by atoms with Gasteiger partial charge in [-0.1, -0.05) is 24.3 Å². The van der Waals surface area contributed by atoms with E-state index in [9.17, 15) is 9.59 Å². The largest absolute Gasteiger partial charge is 0.466 e. The first-order valence-electron chi connectivity index (χ1n) is 6.97. The topological polar surface area (TPSA) is 52.6 Å². The minimum absolute atomic E-state index is 0.308. The fourth-order valence-electron chi connectivity index (χ4n) is 2.76. The van der Waals surface area contributed by atoms with Crippen LogP contribution in [-0.2, 0) is 24.5 Å². The van der Waals surface area contributed by atoms with Crippen molar-refractivity contribution >= 4 is 11.9 Å². The monoisotopic (exact) mass is 276 g/mol. The minimum Gasteiger partial charge on any atom is -0.466 e. The van der Waals surface area contributed by atoms with Gasteiger partial charge in [-0.3, -0.25) is 9.59 Å². The third-order valence-electron chi connectivity index (χ3n) is 3.80. The van der Waals surface area contributed by atoms with E-state index in [0.717, 1.165) is 11.1 Å². The van der Waals surface area contributed by atoms with Gasteiger partial charge >= 0.3 is 11.9 Å². The lowest BCUT2D eigenvalue weighted by atomic mass is 9.89. The summed E-state index contributed by atoms with van der Waals surface area (Å²) in [6, 6.07) is 7.63. The van der Waals surface area contributed by atoms with Crippen molar-refractivity contribution < 1.29 is 19.1 Å². The molecule has 108 valence electrons. The van der Waals surface area contributed by atoms with E-state index in [0.29, 0.717) is 19.6 Å². The van der Waals surface area contributed by atoms with Crippen molar-refractivity contribution in [1.82, 2.24) is 0 Å². The molecule has 1 saturated carbocycles. The molecule has 0 bridgehead atoms. The summed E-state index contributed by atoms with van der Waals surface area (Å²) in [6.45, 7) is 6.10. The number of rotatable bonds is 5. The van der Waals surface area contributed by atoms with Crippen LogP contribution in [0.25, 0.3) is 0 Å². The van der Waals surface area contributed by atoms with E-state index in [1.807, 2.05) is 31.2 Å². The highest BCUT2D eigenvalue weighted by atomic mass is 16.5. The Bertz CT molecular complexity index is 523. The van der Waals surface area contributed by atoms with Crippen LogP contribution in [0.4, 0.5) is 0 Å². The Morgan fingerprint density at radius 1 is 1.20 bits per heavy atom. The second kappa shape index (κ2) is 5.65. The normalized spacial score (nSPS) is 24.1. The molecule has 0 aromatic heterocycles. The van der Waals surface area contributed by atoms with Gasteiger partial charge in [-0.25, -0.2) is 0 Å². The summed E-state index contributed by atoms with van der Waals surface area (Å²) in [6.07, 6.45) is 0.468. The smallest absolute Gasteiger partial charge is 0.317 e. The number of esters is 2. The molecule has 4 heteroatoms. The van der Waals surface area contributed by atoms with E-state index in [2.05, 4.69) is 0 Å². The van der Waals surface area contributed by atoms with Crippen molar-refractivity contribution in [2.75, 3.05) is 13.2 Å². The average molecular weight is 276 g/mol. The average Bonchev–Trinajstić information content (AvgIpc) is 3.16. The van der Waals surface area contributed by atoms with Gasteiger partial charge in [-0.15, -0.1) is 0 Å². The molecule has 20 heavy (non-hydrogen) atoms. The molecule has 0 amide bonds. The summed E-state index contributed by atoms with van der Waals surface area (Å²) in [5.41, 5.74) is 1.01. The molecule has 2 atom stereocenters. The molecule has 0 N–H and O–H groups in total. The second-order valence-corrected chi connectivity index (χ2v) is 5.02. The number of carbonyl (C=O) groups is 2. The van der Waals surface area contributed by atoms with Crippen molar-refractivity contribution in [3.05, 3.63) is 35.4 Å². The van der Waals surface area contributed by atoms with Crippen LogP contribution in [0.15, 0.2) is 24.3 Å². The Hall–Kier alpha value is -1.84. The molecule has 0 aliphatic heterocycles. The maximum atomic E-state index is 12.4. The number of aryl methyl sites for hydroxylation is 1. The first-order chi connectivity index (χ1) is 9.57. The quantitative estimate of drug-likeness (QED) is 0.775. The molecule has 1 aliphatic rings. The van der Waals surface area contributed by atoms with Gasteiger partial charge in [-0.05, 0) is 38.3 Å². The molecule has 2 rings (SSSR count). The molecule has 4 nitrogen and oxygen atoms in total. The zero-order chi connectivity index (χ0) is 14.8. The fraction of sp³-hybridized carbons (Fsp3) is 0.500. The predicted molar refractivity (Wildman–Crippen MR) is 74.2 cm³/mol. The van der Waals surface area contributed by atoms with Crippen LogP contribution < -0.4 is 0 Å². The molecule has 0 saturated heterocycles. The van der Waals surface area contributed by atoms with Crippen LogP contribution in [0.1, 0.15) is 31.4 Å². The van der Waals surface area contributed by atoms with Gasteiger partial charge in [0.1, 0.15) is 5.41 Å². The predicted octanol–water partition coefficient (Wildman–Crippen LogP) is 2.38. The molecular formula is C16H20O4. The lowest BCUT2D eigenvalue weighted by molar-refractivity contribution is -0.152. The van der Waals surface area contributed by atoms with Crippen molar-refractivity contribution in [3.63, 3.8) is 0 Å². The van der Waals surface area contributed by atoms with Gasteiger partial charge in [-0.2, -0.15) is 0 Å².